The fraction of sp³-hybridized carbons (Fsp3) is 0. The number of aromatic amines is 1. The summed E-state index contributed by atoms with van der Waals surface area (Å²) >= 11 is 0. The van der Waals surface area contributed by atoms with Crippen molar-refractivity contribution in [3.63, 3.8) is 0 Å². The fourth-order valence-electron chi connectivity index (χ4n) is 1.37. The summed E-state index contributed by atoms with van der Waals surface area (Å²) in [5.74, 6) is 0. The summed E-state index contributed by atoms with van der Waals surface area (Å²) in [5, 5.41) is 14.1. The summed E-state index contributed by atoms with van der Waals surface area (Å²) in [4.78, 5) is 0. The van der Waals surface area contributed by atoms with Crippen molar-refractivity contribution >= 4 is 11.1 Å². The van der Waals surface area contributed by atoms with E-state index in [2.05, 4.69) is 20.6 Å². The van der Waals surface area contributed by atoms with E-state index in [-0.39, 0.29) is 0 Å². The predicted octanol–water partition coefficient (Wildman–Crippen LogP) is 1.61. The molecule has 2 aromatic heterocycles. The molecule has 0 aliphatic rings. The van der Waals surface area contributed by atoms with Crippen molar-refractivity contribution in [1.29, 1.82) is 0 Å². The first-order valence-electron chi connectivity index (χ1n) is 4.15. The Morgan fingerprint density at radius 1 is 1.21 bits per heavy atom. The molecule has 2 heterocycles. The highest BCUT2D eigenvalue weighted by Gasteiger charge is 2.03. The second-order valence-electron chi connectivity index (χ2n) is 2.93. The van der Waals surface area contributed by atoms with Crippen molar-refractivity contribution in [2.45, 2.75) is 0 Å². The van der Waals surface area contributed by atoms with Crippen LogP contribution in [0.15, 0.2) is 35.0 Å². The molecule has 0 bridgehead atoms. The number of hydrogen-bond acceptors (Lipinski definition) is 4. The Labute approximate surface area is 78.7 Å². The molecule has 0 amide bonds. The Morgan fingerprint density at radius 2 is 2.21 bits per heavy atom. The third-order valence-electron chi connectivity index (χ3n) is 2.06. The van der Waals surface area contributed by atoms with Crippen LogP contribution >= 0.6 is 0 Å². The van der Waals surface area contributed by atoms with Crippen LogP contribution in [0.3, 0.4) is 0 Å². The zero-order valence-corrected chi connectivity index (χ0v) is 7.14. The first-order chi connectivity index (χ1) is 6.93. The summed E-state index contributed by atoms with van der Waals surface area (Å²) in [6.45, 7) is 0. The lowest BCUT2D eigenvalue weighted by atomic mass is 10.1. The van der Waals surface area contributed by atoms with Crippen LogP contribution in [-0.2, 0) is 0 Å². The second-order valence-corrected chi connectivity index (χ2v) is 2.93. The van der Waals surface area contributed by atoms with E-state index < -0.39 is 0 Å². The SMILES string of the molecule is c1cc(-c2ccc3onnc3c2)[nH]n1. The van der Waals surface area contributed by atoms with Crippen LogP contribution in [0.1, 0.15) is 0 Å². The van der Waals surface area contributed by atoms with Gasteiger partial charge < -0.3 is 4.52 Å². The maximum Gasteiger partial charge on any atom is 0.187 e. The average molecular weight is 186 g/mol. The Hall–Kier alpha value is -2.17. The van der Waals surface area contributed by atoms with Gasteiger partial charge in [0.15, 0.2) is 5.58 Å². The quantitative estimate of drug-likeness (QED) is 0.626. The number of aromatic nitrogens is 4. The van der Waals surface area contributed by atoms with Gasteiger partial charge in [0.1, 0.15) is 5.52 Å². The molecule has 0 radical (unpaired) electrons. The normalized spacial score (nSPS) is 10.9. The van der Waals surface area contributed by atoms with Crippen LogP contribution in [0.25, 0.3) is 22.4 Å². The molecule has 0 saturated carbocycles. The molecule has 3 rings (SSSR count). The van der Waals surface area contributed by atoms with Crippen LogP contribution in [0.5, 0.6) is 0 Å². The van der Waals surface area contributed by atoms with E-state index in [0.29, 0.717) is 5.58 Å². The lowest BCUT2D eigenvalue weighted by Gasteiger charge is -1.94. The maximum atomic E-state index is 4.90. The number of fused-ring (bicyclic) bond motifs is 1. The minimum absolute atomic E-state index is 0.688. The van der Waals surface area contributed by atoms with E-state index in [9.17, 15) is 0 Å². The molecule has 0 aliphatic carbocycles. The van der Waals surface area contributed by atoms with Crippen LogP contribution < -0.4 is 0 Å². The molecule has 1 N–H and O–H groups in total. The van der Waals surface area contributed by atoms with Gasteiger partial charge in [-0.3, -0.25) is 5.10 Å². The average Bonchev–Trinajstić information content (AvgIpc) is 2.88. The van der Waals surface area contributed by atoms with Gasteiger partial charge in [0.2, 0.25) is 0 Å². The highest BCUT2D eigenvalue weighted by molar-refractivity contribution is 5.78. The Bertz CT molecular complexity index is 555. The molecule has 0 unspecified atom stereocenters. The Kier molecular flexibility index (Phi) is 1.38. The van der Waals surface area contributed by atoms with Gasteiger partial charge in [0.05, 0.1) is 5.69 Å². The van der Waals surface area contributed by atoms with Gasteiger partial charge >= 0.3 is 0 Å². The van der Waals surface area contributed by atoms with Crippen molar-refractivity contribution in [3.05, 3.63) is 30.5 Å². The summed E-state index contributed by atoms with van der Waals surface area (Å²) in [6, 6.07) is 7.57. The van der Waals surface area contributed by atoms with E-state index in [1.165, 1.54) is 0 Å². The topological polar surface area (TPSA) is 67.6 Å². The van der Waals surface area contributed by atoms with E-state index >= 15 is 0 Å². The van der Waals surface area contributed by atoms with E-state index in [4.69, 9.17) is 4.52 Å². The van der Waals surface area contributed by atoms with Crippen molar-refractivity contribution in [1.82, 2.24) is 20.6 Å². The van der Waals surface area contributed by atoms with Crippen LogP contribution in [0.2, 0.25) is 0 Å². The van der Waals surface area contributed by atoms with Gasteiger partial charge in [-0.2, -0.15) is 5.10 Å². The second kappa shape index (κ2) is 2.66. The molecule has 0 aliphatic heterocycles. The molecule has 14 heavy (non-hydrogen) atoms. The molecular formula is C9H6N4O. The number of H-pyrrole nitrogens is 1. The molecule has 0 atom stereocenters. The Morgan fingerprint density at radius 3 is 3.07 bits per heavy atom. The van der Waals surface area contributed by atoms with Crippen LogP contribution in [0, 0.1) is 0 Å². The lowest BCUT2D eigenvalue weighted by Crippen LogP contribution is -1.78. The number of hydrogen-bond donors (Lipinski definition) is 1. The zero-order chi connectivity index (χ0) is 9.38. The first-order valence-corrected chi connectivity index (χ1v) is 4.15. The molecule has 5 nitrogen and oxygen atoms in total. The van der Waals surface area contributed by atoms with Crippen molar-refractivity contribution < 1.29 is 4.52 Å². The van der Waals surface area contributed by atoms with Crippen LogP contribution in [-0.4, -0.2) is 20.6 Å². The largest absolute Gasteiger partial charge is 0.337 e. The molecule has 1 aromatic carbocycles. The predicted molar refractivity (Wildman–Crippen MR) is 49.4 cm³/mol. The molecule has 68 valence electrons. The summed E-state index contributed by atoms with van der Waals surface area (Å²) in [7, 11) is 0. The summed E-state index contributed by atoms with van der Waals surface area (Å²) in [6.07, 6.45) is 1.71. The molecule has 0 fully saturated rings. The highest BCUT2D eigenvalue weighted by atomic mass is 16.5. The van der Waals surface area contributed by atoms with Gasteiger partial charge in [-0.15, -0.1) is 5.10 Å². The summed E-state index contributed by atoms with van der Waals surface area (Å²) < 4.78 is 4.90. The number of benzene rings is 1. The first kappa shape index (κ1) is 7.25. The van der Waals surface area contributed by atoms with Gasteiger partial charge in [0, 0.05) is 17.0 Å². The minimum Gasteiger partial charge on any atom is -0.337 e. The van der Waals surface area contributed by atoms with E-state index in [0.717, 1.165) is 16.8 Å². The lowest BCUT2D eigenvalue weighted by molar-refractivity contribution is 0.424. The summed E-state index contributed by atoms with van der Waals surface area (Å²) in [5.41, 5.74) is 3.41. The number of nitrogens with zero attached hydrogens (tertiary/aromatic N) is 3. The minimum atomic E-state index is 0.688. The molecule has 3 aromatic rings. The molecule has 0 spiro atoms. The van der Waals surface area contributed by atoms with Crippen molar-refractivity contribution in [3.8, 4) is 11.3 Å². The van der Waals surface area contributed by atoms with Crippen molar-refractivity contribution in [2.75, 3.05) is 0 Å². The van der Waals surface area contributed by atoms with Gasteiger partial charge in [-0.1, -0.05) is 0 Å². The van der Waals surface area contributed by atoms with Crippen molar-refractivity contribution in [2.24, 2.45) is 0 Å². The van der Waals surface area contributed by atoms with Gasteiger partial charge in [0.25, 0.3) is 0 Å². The molecular weight excluding hydrogens is 180 g/mol. The van der Waals surface area contributed by atoms with E-state index in [1.54, 1.807) is 6.20 Å². The smallest absolute Gasteiger partial charge is 0.187 e. The molecule has 0 saturated heterocycles. The maximum absolute atomic E-state index is 4.90. The highest BCUT2D eigenvalue weighted by Crippen LogP contribution is 2.20. The Balaban J connectivity index is 2.23. The van der Waals surface area contributed by atoms with Gasteiger partial charge in [-0.05, 0) is 24.3 Å². The fourth-order valence-corrected chi connectivity index (χ4v) is 1.37. The molecule has 5 heteroatoms. The van der Waals surface area contributed by atoms with Crippen LogP contribution in [0.4, 0.5) is 0 Å². The van der Waals surface area contributed by atoms with Gasteiger partial charge in [-0.25, -0.2) is 0 Å². The zero-order valence-electron chi connectivity index (χ0n) is 7.14. The number of rotatable bonds is 1. The third kappa shape index (κ3) is 0.990. The third-order valence-corrected chi connectivity index (χ3v) is 2.06. The van der Waals surface area contributed by atoms with E-state index in [1.807, 2.05) is 24.3 Å². The number of nitrogens with one attached hydrogen (secondary N) is 1. The monoisotopic (exact) mass is 186 g/mol. The standard InChI is InChI=1S/C9H6N4O/c1-2-9-8(12-13-14-9)5-6(1)7-3-4-10-11-7/h1-5H,(H,10,11).